The third-order valence-corrected chi connectivity index (χ3v) is 0.677. The Morgan fingerprint density at radius 1 is 1.11 bits per heavy atom. The van der Waals surface area contributed by atoms with Gasteiger partial charge in [0, 0.05) is 0 Å². The van der Waals surface area contributed by atoms with Gasteiger partial charge in [-0.1, -0.05) is 0 Å². The molecule has 1 heterocycles. The van der Waals surface area contributed by atoms with Crippen molar-refractivity contribution in [1.82, 2.24) is 0 Å². The van der Waals surface area contributed by atoms with Crippen LogP contribution in [0.15, 0.2) is 0 Å². The van der Waals surface area contributed by atoms with Gasteiger partial charge in [-0.2, -0.15) is 0 Å². The summed E-state index contributed by atoms with van der Waals surface area (Å²) in [4.78, 5) is 0. The van der Waals surface area contributed by atoms with Crippen molar-refractivity contribution in [3.8, 4) is 0 Å². The van der Waals surface area contributed by atoms with E-state index in [0.29, 0.717) is 0 Å². The third-order valence-electron chi connectivity index (χ3n) is 0.677. The fraction of sp³-hybridized carbons (Fsp3) is 0. The molecule has 0 saturated carbocycles. The molecule has 0 spiro atoms. The summed E-state index contributed by atoms with van der Waals surface area (Å²) in [7, 11) is -5.66. The molecule has 1 saturated heterocycles. The van der Waals surface area contributed by atoms with Crippen LogP contribution in [0.25, 0.3) is 0 Å². The Hall–Kier alpha value is -0.0452. The highest BCUT2D eigenvalue weighted by molar-refractivity contribution is 6.64. The van der Waals surface area contributed by atoms with Gasteiger partial charge >= 0.3 is 24.8 Å². The zero-order chi connectivity index (χ0) is 6.85. The predicted molar refractivity (Wildman–Crippen MR) is 25.0 cm³/mol. The Morgan fingerprint density at radius 3 is 1.89 bits per heavy atom. The van der Waals surface area contributed by atoms with Crippen molar-refractivity contribution >= 4 is 22.0 Å². The molecule has 0 radical (unpaired) electrons. The molecule has 1 fully saturated rings. The molecule has 0 unspecified atom stereocenters. The summed E-state index contributed by atoms with van der Waals surface area (Å²) in [6.07, 6.45) is 0. The largest absolute Gasteiger partial charge is 1.00 e. The Kier molecular flexibility index (Phi) is 2.11. The van der Waals surface area contributed by atoms with Gasteiger partial charge in [-0.3, -0.25) is 0 Å². The molecule has 0 bridgehead atoms. The van der Waals surface area contributed by atoms with Crippen LogP contribution in [0, 0.1) is 0 Å². The van der Waals surface area contributed by atoms with E-state index in [1.165, 1.54) is 0 Å². The Balaban J connectivity index is 0. The van der Waals surface area contributed by atoms with E-state index in [0.717, 1.165) is 0 Å². The van der Waals surface area contributed by atoms with E-state index >= 15 is 0 Å². The average molecular weight is 131 g/mol. The maximum atomic E-state index is 10.1. The van der Waals surface area contributed by atoms with Crippen LogP contribution < -0.4 is 10.0 Å². The van der Waals surface area contributed by atoms with Crippen LogP contribution in [-0.2, 0) is 13.7 Å². The molecule has 9 heavy (non-hydrogen) atoms. The maximum absolute atomic E-state index is 10.1. The van der Waals surface area contributed by atoms with Crippen LogP contribution in [0.4, 0.5) is 0 Å². The minimum absolute atomic E-state index is 0. The molecule has 1 aliphatic heterocycles. The zero-order valence-electron chi connectivity index (χ0n) is 6.22. The van der Waals surface area contributed by atoms with E-state index in [9.17, 15) is 10.0 Å². The lowest BCUT2D eigenvalue weighted by Gasteiger charge is -2.34. The zero-order valence-corrected chi connectivity index (χ0v) is 4.22. The first-order valence-electron chi connectivity index (χ1n) is 2.14. The highest BCUT2D eigenvalue weighted by atomic mass is 16.8. The fourth-order valence-electron chi connectivity index (χ4n) is 0.377. The predicted octanol–water partition coefficient (Wildman–Crippen LogP) is -4.06. The number of rotatable bonds is 0. The van der Waals surface area contributed by atoms with Crippen molar-refractivity contribution < 1.29 is 31.6 Å². The second kappa shape index (κ2) is 2.69. The van der Waals surface area contributed by atoms with Crippen LogP contribution >= 0.6 is 0 Å². The van der Waals surface area contributed by atoms with Gasteiger partial charge in [0.15, 0.2) is 0 Å². The van der Waals surface area contributed by atoms with Crippen molar-refractivity contribution in [1.29, 1.82) is 0 Å². The number of hydrogen-bond donors (Lipinski definition) is 1. The Labute approximate surface area is 54.8 Å². The molecule has 0 amide bonds. The lowest BCUT2D eigenvalue weighted by atomic mass is 9.98. The van der Waals surface area contributed by atoms with Gasteiger partial charge in [-0.15, -0.1) is 0 Å². The van der Waals surface area contributed by atoms with Crippen LogP contribution in [0.3, 0.4) is 0 Å². The van der Waals surface area contributed by atoms with Gasteiger partial charge in [0.25, 0.3) is 0 Å². The van der Waals surface area contributed by atoms with E-state index in [-0.39, 0.29) is 2.85 Å². The molecular weight excluding hydrogens is 128 g/mol. The summed E-state index contributed by atoms with van der Waals surface area (Å²) < 4.78 is 11.7. The average Bonchev–Trinajstić information content (AvgIpc) is 1.59. The number of hydrogen-bond acceptors (Lipinski definition) is 6. The molecule has 0 aromatic rings. The summed E-state index contributed by atoms with van der Waals surface area (Å²) in [5.74, 6) is 0. The van der Waals surface area contributed by atoms with Crippen LogP contribution in [-0.4, -0.2) is 27.0 Å². The SMILES string of the molecule is [H+].[H+].[O-]B1OB([O-])OB(O)O1. The molecule has 0 aromatic carbocycles. The normalized spacial score (nSPS) is 21.0. The first kappa shape index (κ1) is 7.07. The molecular formula is H3B3O6. The Morgan fingerprint density at radius 2 is 1.56 bits per heavy atom. The Bertz CT molecular complexity index is 76.8. The summed E-state index contributed by atoms with van der Waals surface area (Å²) in [5.41, 5.74) is 0. The van der Waals surface area contributed by atoms with Crippen LogP contribution in [0.1, 0.15) is 2.85 Å². The van der Waals surface area contributed by atoms with Crippen LogP contribution in [0.2, 0.25) is 0 Å². The highest BCUT2D eigenvalue weighted by Crippen LogP contribution is 1.96. The van der Waals surface area contributed by atoms with Crippen molar-refractivity contribution in [2.24, 2.45) is 0 Å². The van der Waals surface area contributed by atoms with E-state index < -0.39 is 22.0 Å². The summed E-state index contributed by atoms with van der Waals surface area (Å²) >= 11 is 0. The van der Waals surface area contributed by atoms with Gasteiger partial charge in [0.05, 0.1) is 0 Å². The fourth-order valence-corrected chi connectivity index (χ4v) is 0.377. The molecule has 48 valence electrons. The van der Waals surface area contributed by atoms with Gasteiger partial charge < -0.3 is 28.8 Å². The van der Waals surface area contributed by atoms with Crippen molar-refractivity contribution in [3.05, 3.63) is 0 Å². The standard InChI is InChI=1S/B3HO6/c4-1-7-2(5)9-3(6)8-1/h4H/q-2/p+2. The third kappa shape index (κ3) is 1.97. The summed E-state index contributed by atoms with van der Waals surface area (Å²) in [5, 5.41) is 28.5. The second-order valence-corrected chi connectivity index (χ2v) is 1.29. The topological polar surface area (TPSA) is 94.0 Å². The van der Waals surface area contributed by atoms with E-state index in [1.54, 1.807) is 0 Å². The summed E-state index contributed by atoms with van der Waals surface area (Å²) in [6, 6.07) is 0. The molecule has 0 aromatic heterocycles. The van der Waals surface area contributed by atoms with E-state index in [4.69, 9.17) is 5.02 Å². The smallest absolute Gasteiger partial charge is 0.833 e. The molecule has 6 nitrogen and oxygen atoms in total. The second-order valence-electron chi connectivity index (χ2n) is 1.29. The molecule has 1 aliphatic rings. The van der Waals surface area contributed by atoms with Gasteiger partial charge in [0.2, 0.25) is 0 Å². The van der Waals surface area contributed by atoms with E-state index in [2.05, 4.69) is 13.7 Å². The molecule has 0 atom stereocenters. The monoisotopic (exact) mass is 132 g/mol. The van der Waals surface area contributed by atoms with Gasteiger partial charge in [0.1, 0.15) is 0 Å². The molecule has 1 N–H and O–H groups in total. The molecule has 1 rings (SSSR count). The minimum Gasteiger partial charge on any atom is -0.833 e. The lowest BCUT2D eigenvalue weighted by molar-refractivity contribution is -0.280. The molecule has 9 heteroatoms. The first-order valence-corrected chi connectivity index (χ1v) is 2.14. The van der Waals surface area contributed by atoms with Crippen LogP contribution in [0.5, 0.6) is 0 Å². The quantitative estimate of drug-likeness (QED) is 0.336. The lowest BCUT2D eigenvalue weighted by Crippen LogP contribution is -2.59. The highest BCUT2D eigenvalue weighted by Gasteiger charge is 2.26. The van der Waals surface area contributed by atoms with E-state index in [1.807, 2.05) is 0 Å². The summed E-state index contributed by atoms with van der Waals surface area (Å²) in [6.45, 7) is 0. The van der Waals surface area contributed by atoms with Crippen molar-refractivity contribution in [2.45, 2.75) is 0 Å². The first-order chi connectivity index (χ1) is 4.18. The van der Waals surface area contributed by atoms with Gasteiger partial charge in [-0.05, 0) is 0 Å². The molecule has 0 aliphatic carbocycles. The van der Waals surface area contributed by atoms with Crippen molar-refractivity contribution in [3.63, 3.8) is 0 Å². The van der Waals surface area contributed by atoms with Crippen molar-refractivity contribution in [2.75, 3.05) is 0 Å². The maximum Gasteiger partial charge on any atom is 1.00 e. The minimum atomic E-state index is -1.95. The van der Waals surface area contributed by atoms with Gasteiger partial charge in [-0.25, -0.2) is 0 Å².